The van der Waals surface area contributed by atoms with Crippen LogP contribution in [0.15, 0.2) is 186 Å². The molecule has 0 spiro atoms. The molecule has 6 heteroatoms. The molecule has 0 amide bonds. The van der Waals surface area contributed by atoms with E-state index in [4.69, 9.17) is 19.4 Å². The Bertz CT molecular complexity index is 3490. The number of hydrogen-bond donors (Lipinski definition) is 0. The molecule has 0 saturated heterocycles. The predicted octanol–water partition coefficient (Wildman–Crippen LogP) is 13.9. The molecule has 0 fully saturated rings. The van der Waals surface area contributed by atoms with Crippen LogP contribution in [0, 0.1) is 0 Å². The first kappa shape index (κ1) is 31.9. The molecule has 12 rings (SSSR count). The van der Waals surface area contributed by atoms with Gasteiger partial charge in [0.05, 0.1) is 16.7 Å². The van der Waals surface area contributed by atoms with Crippen LogP contribution in [0.1, 0.15) is 0 Å². The molecule has 0 aliphatic rings. The molecule has 5 nitrogen and oxygen atoms in total. The fourth-order valence-corrected chi connectivity index (χ4v) is 9.70. The van der Waals surface area contributed by atoms with E-state index in [0.717, 1.165) is 60.8 Å². The number of hydrogen-bond acceptors (Lipinski definition) is 5. The summed E-state index contributed by atoms with van der Waals surface area (Å²) in [5.74, 6) is 1.88. The van der Waals surface area contributed by atoms with Gasteiger partial charge in [0.1, 0.15) is 11.2 Å². The van der Waals surface area contributed by atoms with E-state index in [1.54, 1.807) is 11.3 Å². The first-order chi connectivity index (χ1) is 28.3. The number of thiophene rings is 1. The van der Waals surface area contributed by atoms with Gasteiger partial charge in [-0.05, 0) is 60.2 Å². The van der Waals surface area contributed by atoms with Gasteiger partial charge in [-0.2, -0.15) is 0 Å². The number of nitrogens with zero attached hydrogens (tertiary/aromatic N) is 4. The van der Waals surface area contributed by atoms with Gasteiger partial charge in [0.2, 0.25) is 0 Å². The first-order valence-corrected chi connectivity index (χ1v) is 19.8. The molecule has 57 heavy (non-hydrogen) atoms. The van der Waals surface area contributed by atoms with E-state index in [1.165, 1.54) is 36.6 Å². The normalized spacial score (nSPS) is 11.9. The Kier molecular flexibility index (Phi) is 7.03. The van der Waals surface area contributed by atoms with Crippen molar-refractivity contribution in [1.29, 1.82) is 0 Å². The maximum atomic E-state index is 6.58. The molecule has 0 radical (unpaired) electrons. The van der Waals surface area contributed by atoms with Crippen molar-refractivity contribution in [3.8, 4) is 51.0 Å². The van der Waals surface area contributed by atoms with Gasteiger partial charge in [0, 0.05) is 64.0 Å². The number of aromatic nitrogens is 4. The second kappa shape index (κ2) is 12.6. The largest absolute Gasteiger partial charge is 0.456 e. The lowest BCUT2D eigenvalue weighted by atomic mass is 9.97. The van der Waals surface area contributed by atoms with E-state index < -0.39 is 0 Å². The Morgan fingerprint density at radius 3 is 1.82 bits per heavy atom. The molecule has 0 unspecified atom stereocenters. The van der Waals surface area contributed by atoms with Gasteiger partial charge in [0.25, 0.3) is 0 Å². The van der Waals surface area contributed by atoms with E-state index >= 15 is 0 Å². The standard InChI is InChI=1S/C51H30N4OS/c1-2-14-31(15-3-1)49-52-50(54-51(53-49)38-21-13-27-46-48(38)37-19-7-11-26-45(37)57-46)32-28-29-43-39(30-32)47-36(20-12-25-44(47)56-43)35-18-6-10-24-42(35)55-40-22-8-4-16-33(40)34-17-5-9-23-41(34)55/h1-30H. The fraction of sp³-hybridized carbons (Fsp3) is 0. The Morgan fingerprint density at radius 2 is 1.00 bits per heavy atom. The number of para-hydroxylation sites is 3. The zero-order valence-corrected chi connectivity index (χ0v) is 31.2. The SMILES string of the molecule is c1ccc(-c2nc(-c3ccc4oc5cccc(-c6ccccc6-n6c7ccccc7c7ccccc76)c5c4c3)nc(-c3cccc4sc5ccccc5c34)n2)cc1. The van der Waals surface area contributed by atoms with Crippen molar-refractivity contribution in [2.24, 2.45) is 0 Å². The van der Waals surface area contributed by atoms with Crippen LogP contribution in [0.4, 0.5) is 0 Å². The van der Waals surface area contributed by atoms with Crippen molar-refractivity contribution in [1.82, 2.24) is 19.5 Å². The molecule has 0 atom stereocenters. The monoisotopic (exact) mass is 746 g/mol. The maximum absolute atomic E-state index is 6.58. The average molecular weight is 747 g/mol. The summed E-state index contributed by atoms with van der Waals surface area (Å²) < 4.78 is 11.4. The minimum Gasteiger partial charge on any atom is -0.456 e. The highest BCUT2D eigenvalue weighted by Gasteiger charge is 2.21. The second-order valence-electron chi connectivity index (χ2n) is 14.3. The molecule has 4 heterocycles. The lowest BCUT2D eigenvalue weighted by molar-refractivity contribution is 0.669. The van der Waals surface area contributed by atoms with Crippen molar-refractivity contribution in [3.05, 3.63) is 182 Å². The molecule has 0 aliphatic carbocycles. The van der Waals surface area contributed by atoms with Gasteiger partial charge >= 0.3 is 0 Å². The number of fused-ring (bicyclic) bond motifs is 9. The summed E-state index contributed by atoms with van der Waals surface area (Å²) >= 11 is 1.79. The Balaban J connectivity index is 1.08. The summed E-state index contributed by atoms with van der Waals surface area (Å²) in [6, 6.07) is 63.7. The molecule has 0 aliphatic heterocycles. The summed E-state index contributed by atoms with van der Waals surface area (Å²) in [7, 11) is 0. The summed E-state index contributed by atoms with van der Waals surface area (Å²) in [6.07, 6.45) is 0. The zero-order valence-electron chi connectivity index (χ0n) is 30.4. The molecule has 4 aromatic heterocycles. The molecule has 0 saturated carbocycles. The van der Waals surface area contributed by atoms with Crippen LogP contribution in [0.3, 0.4) is 0 Å². The smallest absolute Gasteiger partial charge is 0.164 e. The van der Waals surface area contributed by atoms with Gasteiger partial charge in [-0.1, -0.05) is 127 Å². The van der Waals surface area contributed by atoms with Gasteiger partial charge in [-0.15, -0.1) is 11.3 Å². The Morgan fingerprint density at radius 1 is 0.386 bits per heavy atom. The summed E-state index contributed by atoms with van der Waals surface area (Å²) in [4.78, 5) is 15.5. The third-order valence-corrected chi connectivity index (χ3v) is 12.2. The quantitative estimate of drug-likeness (QED) is 0.176. The van der Waals surface area contributed by atoms with Crippen LogP contribution in [-0.4, -0.2) is 19.5 Å². The number of benzene rings is 8. The van der Waals surface area contributed by atoms with E-state index in [-0.39, 0.29) is 0 Å². The lowest BCUT2D eigenvalue weighted by Gasteiger charge is -2.15. The highest BCUT2D eigenvalue weighted by molar-refractivity contribution is 7.25. The van der Waals surface area contributed by atoms with Gasteiger partial charge < -0.3 is 8.98 Å². The maximum Gasteiger partial charge on any atom is 0.164 e. The molecule has 0 bridgehead atoms. The van der Waals surface area contributed by atoms with Crippen molar-refractivity contribution in [2.75, 3.05) is 0 Å². The lowest BCUT2D eigenvalue weighted by Crippen LogP contribution is -2.00. The predicted molar refractivity (Wildman–Crippen MR) is 236 cm³/mol. The number of furan rings is 1. The Hall–Kier alpha value is -7.41. The van der Waals surface area contributed by atoms with Gasteiger partial charge in [-0.3, -0.25) is 0 Å². The second-order valence-corrected chi connectivity index (χ2v) is 15.4. The van der Waals surface area contributed by atoms with Crippen LogP contribution in [0.5, 0.6) is 0 Å². The van der Waals surface area contributed by atoms with E-state index in [0.29, 0.717) is 17.5 Å². The van der Waals surface area contributed by atoms with Crippen molar-refractivity contribution < 1.29 is 4.42 Å². The fourth-order valence-electron chi connectivity index (χ4n) is 8.57. The third kappa shape index (κ3) is 4.98. The van der Waals surface area contributed by atoms with Crippen LogP contribution < -0.4 is 0 Å². The van der Waals surface area contributed by atoms with E-state index in [1.807, 2.05) is 24.3 Å². The third-order valence-electron chi connectivity index (χ3n) is 11.1. The van der Waals surface area contributed by atoms with E-state index in [9.17, 15) is 0 Å². The van der Waals surface area contributed by atoms with Crippen LogP contribution in [-0.2, 0) is 0 Å². The van der Waals surface area contributed by atoms with Crippen LogP contribution >= 0.6 is 11.3 Å². The molecular formula is C51H30N4OS. The highest BCUT2D eigenvalue weighted by Crippen LogP contribution is 2.43. The van der Waals surface area contributed by atoms with Crippen molar-refractivity contribution in [3.63, 3.8) is 0 Å². The highest BCUT2D eigenvalue weighted by atomic mass is 32.1. The van der Waals surface area contributed by atoms with Crippen molar-refractivity contribution in [2.45, 2.75) is 0 Å². The summed E-state index contributed by atoms with van der Waals surface area (Å²) in [5.41, 5.74) is 10.1. The van der Waals surface area contributed by atoms with Crippen LogP contribution in [0.25, 0.3) is 115 Å². The summed E-state index contributed by atoms with van der Waals surface area (Å²) in [5, 5.41) is 6.89. The molecule has 8 aromatic carbocycles. The average Bonchev–Trinajstić information content (AvgIpc) is 3.96. The summed E-state index contributed by atoms with van der Waals surface area (Å²) in [6.45, 7) is 0. The van der Waals surface area contributed by atoms with Gasteiger partial charge in [-0.25, -0.2) is 15.0 Å². The van der Waals surface area contributed by atoms with Crippen LogP contribution in [0.2, 0.25) is 0 Å². The minimum absolute atomic E-state index is 0.606. The minimum atomic E-state index is 0.606. The van der Waals surface area contributed by atoms with E-state index in [2.05, 4.69) is 162 Å². The molecular weight excluding hydrogens is 717 g/mol. The first-order valence-electron chi connectivity index (χ1n) is 19.0. The topological polar surface area (TPSA) is 56.7 Å². The van der Waals surface area contributed by atoms with Gasteiger partial charge in [0.15, 0.2) is 17.5 Å². The molecule has 0 N–H and O–H groups in total. The number of rotatable bonds is 5. The zero-order chi connectivity index (χ0) is 37.5. The molecule has 12 aromatic rings. The molecule has 266 valence electrons. The Labute approximate surface area is 330 Å². The van der Waals surface area contributed by atoms with Crippen molar-refractivity contribution >= 4 is 75.3 Å².